The van der Waals surface area contributed by atoms with Gasteiger partial charge in [-0.2, -0.15) is 0 Å². The molecule has 1 N–H and O–H groups in total. The van der Waals surface area contributed by atoms with Crippen molar-refractivity contribution in [3.8, 4) is 11.3 Å². The summed E-state index contributed by atoms with van der Waals surface area (Å²) in [6.45, 7) is 0. The molecule has 8 heteroatoms. The molecule has 0 amide bonds. The first-order valence-electron chi connectivity index (χ1n) is 9.83. The fraction of sp³-hybridized carbons (Fsp3) is 0.0833. The Morgan fingerprint density at radius 1 is 0.969 bits per heavy atom. The van der Waals surface area contributed by atoms with Gasteiger partial charge in [-0.15, -0.1) is 0 Å². The van der Waals surface area contributed by atoms with Crippen LogP contribution in [0.3, 0.4) is 0 Å². The number of furan rings is 1. The van der Waals surface area contributed by atoms with E-state index >= 15 is 0 Å². The highest BCUT2D eigenvalue weighted by atomic mass is 35.5. The van der Waals surface area contributed by atoms with Gasteiger partial charge in [0.25, 0.3) is 0 Å². The number of nitrogens with one attached hydrogen (secondary N) is 1. The normalized spacial score (nSPS) is 18.1. The zero-order chi connectivity index (χ0) is 22.2. The van der Waals surface area contributed by atoms with Crippen LogP contribution in [0.25, 0.3) is 11.3 Å². The Kier molecular flexibility index (Phi) is 5.59. The molecule has 4 aromatic rings. The number of thiocarbonyl (C=S) groups is 1. The Morgan fingerprint density at radius 2 is 1.78 bits per heavy atom. The van der Waals surface area contributed by atoms with Crippen LogP contribution in [0.4, 0.5) is 10.1 Å². The predicted molar refractivity (Wildman–Crippen MR) is 128 cm³/mol. The van der Waals surface area contributed by atoms with Crippen molar-refractivity contribution in [2.75, 3.05) is 4.90 Å². The van der Waals surface area contributed by atoms with Crippen molar-refractivity contribution >= 4 is 46.2 Å². The highest BCUT2D eigenvalue weighted by molar-refractivity contribution is 7.80. The molecule has 2 atom stereocenters. The minimum atomic E-state index is -0.453. The van der Waals surface area contributed by atoms with Gasteiger partial charge in [0.1, 0.15) is 23.4 Å². The summed E-state index contributed by atoms with van der Waals surface area (Å²) in [5.41, 5.74) is 1.91. The van der Waals surface area contributed by atoms with Crippen molar-refractivity contribution < 1.29 is 8.81 Å². The third-order valence-corrected chi connectivity index (χ3v) is 6.39. The van der Waals surface area contributed by atoms with E-state index in [1.165, 1.54) is 6.07 Å². The Morgan fingerprint density at radius 3 is 2.53 bits per heavy atom. The van der Waals surface area contributed by atoms with Gasteiger partial charge in [0.15, 0.2) is 5.11 Å². The molecule has 2 aromatic heterocycles. The number of hydrogen-bond donors (Lipinski definition) is 1. The maximum atomic E-state index is 14.8. The van der Waals surface area contributed by atoms with Crippen LogP contribution < -0.4 is 10.2 Å². The summed E-state index contributed by atoms with van der Waals surface area (Å²) in [7, 11) is 0. The zero-order valence-electron chi connectivity index (χ0n) is 16.5. The van der Waals surface area contributed by atoms with Crippen LogP contribution in [0, 0.1) is 5.82 Å². The van der Waals surface area contributed by atoms with Gasteiger partial charge in [0.2, 0.25) is 0 Å². The van der Waals surface area contributed by atoms with E-state index in [9.17, 15) is 4.39 Å². The molecule has 1 aliphatic heterocycles. The van der Waals surface area contributed by atoms with E-state index in [-0.39, 0.29) is 11.9 Å². The van der Waals surface area contributed by atoms with Gasteiger partial charge in [0, 0.05) is 11.8 Å². The van der Waals surface area contributed by atoms with Crippen LogP contribution in [0.5, 0.6) is 0 Å². The van der Waals surface area contributed by atoms with Crippen molar-refractivity contribution in [1.29, 1.82) is 0 Å². The first-order chi connectivity index (χ1) is 15.5. The van der Waals surface area contributed by atoms with Crippen molar-refractivity contribution in [3.05, 3.63) is 106 Å². The van der Waals surface area contributed by atoms with Gasteiger partial charge in [-0.05, 0) is 66.8 Å². The van der Waals surface area contributed by atoms with E-state index in [2.05, 4.69) is 10.3 Å². The van der Waals surface area contributed by atoms with Crippen molar-refractivity contribution in [1.82, 2.24) is 10.3 Å². The largest absolute Gasteiger partial charge is 0.459 e. The van der Waals surface area contributed by atoms with Crippen LogP contribution in [0.2, 0.25) is 10.0 Å². The van der Waals surface area contributed by atoms with E-state index in [0.29, 0.717) is 32.4 Å². The number of para-hydroxylation sites is 1. The van der Waals surface area contributed by atoms with Gasteiger partial charge >= 0.3 is 0 Å². The van der Waals surface area contributed by atoms with Gasteiger partial charge in [-0.1, -0.05) is 41.4 Å². The lowest BCUT2D eigenvalue weighted by atomic mass is 10.0. The Balaban J connectivity index is 1.61. The van der Waals surface area contributed by atoms with Crippen LogP contribution >= 0.6 is 35.4 Å². The molecule has 160 valence electrons. The number of benzene rings is 2. The molecule has 32 heavy (non-hydrogen) atoms. The average Bonchev–Trinajstić information content (AvgIpc) is 3.41. The van der Waals surface area contributed by atoms with Gasteiger partial charge < -0.3 is 14.6 Å². The Hall–Kier alpha value is -2.93. The second kappa shape index (κ2) is 8.54. The predicted octanol–water partition coefficient (Wildman–Crippen LogP) is 6.96. The summed E-state index contributed by atoms with van der Waals surface area (Å²) in [5, 5.41) is 4.58. The van der Waals surface area contributed by atoms with Crippen LogP contribution in [-0.2, 0) is 0 Å². The van der Waals surface area contributed by atoms with Crippen molar-refractivity contribution in [2.45, 2.75) is 12.1 Å². The standard InChI is InChI=1S/C24H16Cl2FN3OS/c25-15-9-8-14(13-16(15)26)20-10-11-21(31-20)23-22(18-6-3-4-12-28-18)29-24(32)30(23)19-7-2-1-5-17(19)27/h1-13,22-23H,(H,29,32)/t22-,23+/m1/s1. The van der Waals surface area contributed by atoms with Crippen molar-refractivity contribution in [2.24, 2.45) is 0 Å². The smallest absolute Gasteiger partial charge is 0.174 e. The molecular formula is C24H16Cl2FN3OS. The molecule has 2 aromatic carbocycles. The first kappa shape index (κ1) is 20.9. The molecule has 4 nitrogen and oxygen atoms in total. The summed E-state index contributed by atoms with van der Waals surface area (Å²) in [5.74, 6) is 0.849. The summed E-state index contributed by atoms with van der Waals surface area (Å²) in [6.07, 6.45) is 1.71. The van der Waals surface area contributed by atoms with Gasteiger partial charge in [0.05, 0.1) is 27.5 Å². The fourth-order valence-corrected chi connectivity index (χ4v) is 4.50. The molecular weight excluding hydrogens is 468 g/mol. The summed E-state index contributed by atoms with van der Waals surface area (Å²) < 4.78 is 21.0. The topological polar surface area (TPSA) is 41.3 Å². The third-order valence-electron chi connectivity index (χ3n) is 5.33. The van der Waals surface area contributed by atoms with E-state index in [1.54, 1.807) is 41.4 Å². The second-order valence-corrected chi connectivity index (χ2v) is 8.48. The lowest BCUT2D eigenvalue weighted by molar-refractivity contribution is 0.438. The number of nitrogens with zero attached hydrogens (tertiary/aromatic N) is 2. The van der Waals surface area contributed by atoms with Crippen LogP contribution in [-0.4, -0.2) is 10.1 Å². The quantitative estimate of drug-likeness (QED) is 0.317. The molecule has 5 rings (SSSR count). The maximum absolute atomic E-state index is 14.8. The number of pyridine rings is 1. The van der Waals surface area contributed by atoms with Crippen LogP contribution in [0.1, 0.15) is 23.5 Å². The molecule has 3 heterocycles. The lowest BCUT2D eigenvalue weighted by Gasteiger charge is -2.26. The average molecular weight is 484 g/mol. The molecule has 0 unspecified atom stereocenters. The highest BCUT2D eigenvalue weighted by Gasteiger charge is 2.43. The Bertz CT molecular complexity index is 1300. The van der Waals surface area contributed by atoms with E-state index in [1.807, 2.05) is 36.4 Å². The minimum Gasteiger partial charge on any atom is -0.459 e. The molecule has 1 aliphatic rings. The van der Waals surface area contributed by atoms with Crippen LogP contribution in [0.15, 0.2) is 83.4 Å². The molecule has 0 saturated carbocycles. The molecule has 0 bridgehead atoms. The maximum Gasteiger partial charge on any atom is 0.174 e. The van der Waals surface area contributed by atoms with E-state index in [0.717, 1.165) is 11.3 Å². The number of aromatic nitrogens is 1. The first-order valence-corrected chi connectivity index (χ1v) is 11.0. The molecule has 1 fully saturated rings. The number of halogens is 3. The van der Waals surface area contributed by atoms with Gasteiger partial charge in [-0.3, -0.25) is 4.98 Å². The lowest BCUT2D eigenvalue weighted by Crippen LogP contribution is -2.30. The number of hydrogen-bond acceptors (Lipinski definition) is 3. The summed E-state index contributed by atoms with van der Waals surface area (Å²) >= 11 is 17.8. The summed E-state index contributed by atoms with van der Waals surface area (Å²) in [4.78, 5) is 6.23. The molecule has 0 spiro atoms. The Labute approximate surface area is 199 Å². The second-order valence-electron chi connectivity index (χ2n) is 7.28. The molecule has 1 saturated heterocycles. The van der Waals surface area contributed by atoms with E-state index in [4.69, 9.17) is 39.8 Å². The van der Waals surface area contributed by atoms with Crippen molar-refractivity contribution in [3.63, 3.8) is 0 Å². The molecule has 0 aliphatic carbocycles. The third kappa shape index (κ3) is 3.75. The van der Waals surface area contributed by atoms with Gasteiger partial charge in [-0.25, -0.2) is 4.39 Å². The number of rotatable bonds is 4. The summed E-state index contributed by atoms with van der Waals surface area (Å²) in [6, 6.07) is 20.4. The SMILES string of the molecule is Fc1ccccc1N1C(=S)N[C@H](c2ccccn2)[C@@H]1c1ccc(-c2ccc(Cl)c(Cl)c2)o1. The van der Waals surface area contributed by atoms with E-state index < -0.39 is 6.04 Å². The fourth-order valence-electron chi connectivity index (χ4n) is 3.87. The molecule has 0 radical (unpaired) electrons. The highest BCUT2D eigenvalue weighted by Crippen LogP contribution is 2.43. The zero-order valence-corrected chi connectivity index (χ0v) is 18.8. The number of anilines is 1. The monoisotopic (exact) mass is 483 g/mol. The minimum absolute atomic E-state index is 0.337.